The lowest BCUT2D eigenvalue weighted by Crippen LogP contribution is -2.29. The second kappa shape index (κ2) is 10.3. The Bertz CT molecular complexity index is 1420. The van der Waals surface area contributed by atoms with E-state index < -0.39 is 0 Å². The number of benzene rings is 2. The molecule has 2 aromatic heterocycles. The average molecular weight is 523 g/mol. The number of thiocarbonyl (C=S) groups is 1. The number of ether oxygens (including phenoxy) is 1. The van der Waals surface area contributed by atoms with Gasteiger partial charge in [-0.3, -0.25) is 4.98 Å². The maximum absolute atomic E-state index is 6.24. The number of pyridine rings is 1. The summed E-state index contributed by atoms with van der Waals surface area (Å²) in [5.41, 5.74) is 8.07. The van der Waals surface area contributed by atoms with Crippen molar-refractivity contribution in [1.82, 2.24) is 14.9 Å². The predicted molar refractivity (Wildman–Crippen MR) is 157 cm³/mol. The van der Waals surface area contributed by atoms with E-state index >= 15 is 0 Å². The first kappa shape index (κ1) is 24.7. The second-order valence-corrected chi connectivity index (χ2v) is 10.9. The van der Waals surface area contributed by atoms with E-state index in [2.05, 4.69) is 96.2 Å². The van der Waals surface area contributed by atoms with Crippen LogP contribution < -0.4 is 15.0 Å². The van der Waals surface area contributed by atoms with E-state index in [9.17, 15) is 0 Å². The third-order valence-corrected chi connectivity index (χ3v) is 8.21. The van der Waals surface area contributed by atoms with Crippen molar-refractivity contribution in [2.45, 2.75) is 64.6 Å². The zero-order valence-electron chi connectivity index (χ0n) is 22.2. The molecule has 5 nitrogen and oxygen atoms in total. The molecule has 0 spiro atoms. The molecule has 2 atom stereocenters. The summed E-state index contributed by atoms with van der Waals surface area (Å²) in [6, 6.07) is 25.4. The highest BCUT2D eigenvalue weighted by Crippen LogP contribution is 2.44. The fourth-order valence-corrected chi connectivity index (χ4v) is 6.36. The summed E-state index contributed by atoms with van der Waals surface area (Å²) in [4.78, 5) is 6.97. The van der Waals surface area contributed by atoms with Crippen LogP contribution in [0.25, 0.3) is 5.69 Å². The molecule has 2 aliphatic rings. The Morgan fingerprint density at radius 1 is 0.895 bits per heavy atom. The number of nitrogens with one attached hydrogen (secondary N) is 1. The zero-order chi connectivity index (χ0) is 26.2. The first-order valence-electron chi connectivity index (χ1n) is 13.5. The standard InChI is InChI=1S/C32H34N4OS/c1-21-11-13-24(14-12-21)35-22(2)20-28(23(35)3)31-30(29-10-6-7-19-33-29)34-32(38)36(31)25-15-17-27(18-16-25)37-26-8-4-5-9-26/h6-7,10-20,26,30-31H,4-5,8-9H2,1-3H3,(H,34,38)/t30-,31-/m1/s1. The molecule has 1 saturated carbocycles. The molecule has 2 fully saturated rings. The lowest BCUT2D eigenvalue weighted by Gasteiger charge is -2.28. The van der Waals surface area contributed by atoms with Gasteiger partial charge in [0.05, 0.1) is 23.9 Å². The zero-order valence-corrected chi connectivity index (χ0v) is 23.0. The van der Waals surface area contributed by atoms with Gasteiger partial charge >= 0.3 is 0 Å². The quantitative estimate of drug-likeness (QED) is 0.269. The van der Waals surface area contributed by atoms with Crippen molar-refractivity contribution in [1.29, 1.82) is 0 Å². The van der Waals surface area contributed by atoms with Crippen molar-refractivity contribution in [2.75, 3.05) is 4.90 Å². The van der Waals surface area contributed by atoms with Crippen molar-refractivity contribution in [3.8, 4) is 11.4 Å². The normalized spacial score (nSPS) is 19.7. The van der Waals surface area contributed by atoms with Gasteiger partial charge in [0.15, 0.2) is 5.11 Å². The van der Waals surface area contributed by atoms with Gasteiger partial charge in [0.1, 0.15) is 5.75 Å². The predicted octanol–water partition coefficient (Wildman–Crippen LogP) is 7.30. The molecule has 6 rings (SSSR count). The first-order valence-corrected chi connectivity index (χ1v) is 13.9. The Morgan fingerprint density at radius 2 is 1.61 bits per heavy atom. The Hall–Kier alpha value is -3.64. The minimum absolute atomic E-state index is 0.0515. The average Bonchev–Trinajstić information content (AvgIpc) is 3.64. The van der Waals surface area contributed by atoms with Gasteiger partial charge in [-0.25, -0.2) is 0 Å². The second-order valence-electron chi connectivity index (χ2n) is 10.5. The van der Waals surface area contributed by atoms with Gasteiger partial charge in [0.2, 0.25) is 0 Å². The van der Waals surface area contributed by atoms with E-state index in [0.29, 0.717) is 11.2 Å². The smallest absolute Gasteiger partial charge is 0.174 e. The molecule has 0 radical (unpaired) electrons. The molecule has 0 amide bonds. The summed E-state index contributed by atoms with van der Waals surface area (Å²) < 4.78 is 8.57. The highest BCUT2D eigenvalue weighted by Gasteiger charge is 2.42. The summed E-state index contributed by atoms with van der Waals surface area (Å²) in [5.74, 6) is 0.925. The molecule has 4 aromatic rings. The monoisotopic (exact) mass is 522 g/mol. The third kappa shape index (κ3) is 4.58. The third-order valence-electron chi connectivity index (χ3n) is 7.90. The van der Waals surface area contributed by atoms with Crippen molar-refractivity contribution in [2.24, 2.45) is 0 Å². The highest BCUT2D eigenvalue weighted by molar-refractivity contribution is 7.80. The molecule has 1 aliphatic heterocycles. The lowest BCUT2D eigenvalue weighted by molar-refractivity contribution is 0.210. The first-order chi connectivity index (χ1) is 18.5. The van der Waals surface area contributed by atoms with Crippen LogP contribution in [0.3, 0.4) is 0 Å². The number of aryl methyl sites for hydroxylation is 2. The molecule has 3 heterocycles. The number of anilines is 1. The molecule has 1 aliphatic carbocycles. The van der Waals surface area contributed by atoms with E-state index in [-0.39, 0.29) is 12.1 Å². The van der Waals surface area contributed by atoms with Crippen LogP contribution in [-0.2, 0) is 0 Å². The van der Waals surface area contributed by atoms with Crippen LogP contribution in [0.4, 0.5) is 5.69 Å². The molecule has 0 unspecified atom stereocenters. The van der Waals surface area contributed by atoms with Gasteiger partial charge in [0.25, 0.3) is 0 Å². The van der Waals surface area contributed by atoms with Gasteiger partial charge in [-0.05, 0) is 119 Å². The number of rotatable bonds is 6. The van der Waals surface area contributed by atoms with Gasteiger partial charge in [-0.1, -0.05) is 23.8 Å². The highest BCUT2D eigenvalue weighted by atomic mass is 32.1. The van der Waals surface area contributed by atoms with Crippen LogP contribution in [-0.4, -0.2) is 20.8 Å². The molecular weight excluding hydrogens is 488 g/mol. The van der Waals surface area contributed by atoms with Crippen molar-refractivity contribution < 1.29 is 4.74 Å². The van der Waals surface area contributed by atoms with Crippen molar-refractivity contribution >= 4 is 23.0 Å². The molecular formula is C32H34N4OS. The van der Waals surface area contributed by atoms with Gasteiger partial charge in [-0.15, -0.1) is 0 Å². The SMILES string of the molecule is Cc1ccc(-n2c(C)cc([C@@H]3[C@@H](c4ccccn4)NC(=S)N3c3ccc(OC4CCCC4)cc3)c2C)cc1. The van der Waals surface area contributed by atoms with Crippen molar-refractivity contribution in [3.63, 3.8) is 0 Å². The Kier molecular flexibility index (Phi) is 6.66. The van der Waals surface area contributed by atoms with E-state index in [4.69, 9.17) is 21.9 Å². The van der Waals surface area contributed by atoms with E-state index in [1.807, 2.05) is 18.3 Å². The van der Waals surface area contributed by atoms with Crippen molar-refractivity contribution in [3.05, 3.63) is 107 Å². The van der Waals surface area contributed by atoms with Crippen LogP contribution in [0, 0.1) is 20.8 Å². The Labute approximate surface area is 230 Å². The van der Waals surface area contributed by atoms with E-state index in [1.54, 1.807) is 0 Å². The summed E-state index contributed by atoms with van der Waals surface area (Å²) in [7, 11) is 0. The Balaban J connectivity index is 1.41. The molecule has 2 aromatic carbocycles. The fraction of sp³-hybridized carbons (Fsp3) is 0.312. The molecule has 1 N–H and O–H groups in total. The van der Waals surface area contributed by atoms with Gasteiger partial charge < -0.3 is 19.5 Å². The number of nitrogens with zero attached hydrogens (tertiary/aromatic N) is 3. The molecule has 1 saturated heterocycles. The Morgan fingerprint density at radius 3 is 2.29 bits per heavy atom. The number of aromatic nitrogens is 2. The topological polar surface area (TPSA) is 42.3 Å². The van der Waals surface area contributed by atoms with Crippen LogP contribution in [0.1, 0.15) is 66.0 Å². The minimum atomic E-state index is -0.0786. The maximum Gasteiger partial charge on any atom is 0.174 e. The summed E-state index contributed by atoms with van der Waals surface area (Å²) >= 11 is 5.96. The van der Waals surface area contributed by atoms with E-state index in [1.165, 1.54) is 41.0 Å². The molecule has 194 valence electrons. The van der Waals surface area contributed by atoms with Gasteiger partial charge in [0, 0.05) is 29.0 Å². The largest absolute Gasteiger partial charge is 0.490 e. The lowest BCUT2D eigenvalue weighted by atomic mass is 9.96. The minimum Gasteiger partial charge on any atom is -0.490 e. The van der Waals surface area contributed by atoms with Crippen LogP contribution >= 0.6 is 12.2 Å². The molecule has 0 bridgehead atoms. The molecule has 38 heavy (non-hydrogen) atoms. The van der Waals surface area contributed by atoms with E-state index in [0.717, 1.165) is 30.0 Å². The number of hydrogen-bond donors (Lipinski definition) is 1. The summed E-state index contributed by atoms with van der Waals surface area (Å²) in [6.07, 6.45) is 6.99. The van der Waals surface area contributed by atoms with Crippen LogP contribution in [0.15, 0.2) is 79.0 Å². The van der Waals surface area contributed by atoms with Gasteiger partial charge in [-0.2, -0.15) is 0 Å². The number of hydrogen-bond acceptors (Lipinski definition) is 3. The maximum atomic E-state index is 6.24. The molecule has 6 heteroatoms. The summed E-state index contributed by atoms with van der Waals surface area (Å²) in [5, 5.41) is 4.30. The van der Waals surface area contributed by atoms with Crippen LogP contribution in [0.5, 0.6) is 5.75 Å². The summed E-state index contributed by atoms with van der Waals surface area (Å²) in [6.45, 7) is 6.50. The fourth-order valence-electron chi connectivity index (χ4n) is 6.01. The van der Waals surface area contributed by atoms with Crippen LogP contribution in [0.2, 0.25) is 0 Å².